The highest BCUT2D eigenvalue weighted by Gasteiger charge is 2.28. The number of aryl methyl sites for hydroxylation is 1. The van der Waals surface area contributed by atoms with Crippen LogP contribution >= 0.6 is 15.9 Å². The summed E-state index contributed by atoms with van der Waals surface area (Å²) >= 11 is 3.42. The molecule has 5 heteroatoms. The Morgan fingerprint density at radius 1 is 1.41 bits per heavy atom. The third-order valence-corrected chi connectivity index (χ3v) is 3.46. The fourth-order valence-corrected chi connectivity index (χ4v) is 2.38. The normalized spacial score (nSPS) is 16.0. The molecule has 3 rings (SSSR count). The van der Waals surface area contributed by atoms with Crippen molar-refractivity contribution in [2.75, 3.05) is 18.0 Å². The molecule has 0 saturated carbocycles. The number of anilines is 1. The van der Waals surface area contributed by atoms with Gasteiger partial charge in [0.15, 0.2) is 0 Å². The number of rotatable bonds is 2. The van der Waals surface area contributed by atoms with Gasteiger partial charge in [-0.05, 0) is 35.0 Å². The van der Waals surface area contributed by atoms with Gasteiger partial charge in [0.05, 0.1) is 16.7 Å². The molecule has 88 valence electrons. The molecule has 2 aromatic heterocycles. The molecule has 1 aliphatic heterocycles. The standard InChI is InChI=1S/C12H13BrN4/c1-9-4-11(2-3-14-9)16-7-12(8-16)17-6-10(13)5-15-17/h2-6,12H,7-8H2,1H3. The molecular formula is C12H13BrN4. The van der Waals surface area contributed by atoms with Crippen molar-refractivity contribution in [1.29, 1.82) is 0 Å². The zero-order valence-corrected chi connectivity index (χ0v) is 11.1. The van der Waals surface area contributed by atoms with Crippen molar-refractivity contribution in [3.8, 4) is 0 Å². The minimum atomic E-state index is 0.481. The quantitative estimate of drug-likeness (QED) is 0.852. The fourth-order valence-electron chi connectivity index (χ4n) is 2.08. The lowest BCUT2D eigenvalue weighted by molar-refractivity contribution is 0.368. The van der Waals surface area contributed by atoms with Crippen LogP contribution in [0.3, 0.4) is 0 Å². The molecule has 0 radical (unpaired) electrons. The molecule has 1 aliphatic rings. The number of hydrogen-bond donors (Lipinski definition) is 0. The molecule has 0 atom stereocenters. The fraction of sp³-hybridized carbons (Fsp3) is 0.333. The van der Waals surface area contributed by atoms with E-state index in [0.717, 1.165) is 23.3 Å². The second-order valence-electron chi connectivity index (χ2n) is 4.35. The predicted molar refractivity (Wildman–Crippen MR) is 70.2 cm³/mol. The smallest absolute Gasteiger partial charge is 0.0868 e. The number of aromatic nitrogens is 3. The van der Waals surface area contributed by atoms with Crippen molar-refractivity contribution in [3.05, 3.63) is 40.9 Å². The molecule has 17 heavy (non-hydrogen) atoms. The van der Waals surface area contributed by atoms with E-state index in [1.165, 1.54) is 5.69 Å². The van der Waals surface area contributed by atoms with E-state index >= 15 is 0 Å². The molecule has 0 spiro atoms. The molecule has 2 aromatic rings. The molecule has 3 heterocycles. The first-order chi connectivity index (χ1) is 8.22. The zero-order valence-electron chi connectivity index (χ0n) is 9.55. The van der Waals surface area contributed by atoms with E-state index in [1.807, 2.05) is 30.2 Å². The van der Waals surface area contributed by atoms with Crippen LogP contribution in [-0.2, 0) is 0 Å². The van der Waals surface area contributed by atoms with Crippen LogP contribution in [0.1, 0.15) is 11.7 Å². The molecular weight excluding hydrogens is 280 g/mol. The molecule has 0 N–H and O–H groups in total. The molecule has 0 unspecified atom stereocenters. The highest BCUT2D eigenvalue weighted by atomic mass is 79.9. The van der Waals surface area contributed by atoms with Gasteiger partial charge in [0, 0.05) is 36.9 Å². The monoisotopic (exact) mass is 292 g/mol. The summed E-state index contributed by atoms with van der Waals surface area (Å²) in [5, 5.41) is 4.31. The SMILES string of the molecule is Cc1cc(N2CC(n3cc(Br)cn3)C2)ccn1. The molecule has 1 saturated heterocycles. The molecule has 0 aliphatic carbocycles. The summed E-state index contributed by atoms with van der Waals surface area (Å²) in [5.74, 6) is 0. The van der Waals surface area contributed by atoms with E-state index < -0.39 is 0 Å². The van der Waals surface area contributed by atoms with Gasteiger partial charge in [0.1, 0.15) is 0 Å². The molecule has 1 fully saturated rings. The molecule has 0 amide bonds. The van der Waals surface area contributed by atoms with Crippen molar-refractivity contribution in [2.24, 2.45) is 0 Å². The lowest BCUT2D eigenvalue weighted by atomic mass is 10.1. The van der Waals surface area contributed by atoms with Crippen LogP contribution in [0, 0.1) is 6.92 Å². The number of nitrogens with zero attached hydrogens (tertiary/aromatic N) is 4. The van der Waals surface area contributed by atoms with Crippen LogP contribution in [0.5, 0.6) is 0 Å². The number of pyridine rings is 1. The topological polar surface area (TPSA) is 34.0 Å². The van der Waals surface area contributed by atoms with Crippen molar-refractivity contribution < 1.29 is 0 Å². The maximum absolute atomic E-state index is 4.31. The Balaban J connectivity index is 1.69. The Morgan fingerprint density at radius 2 is 2.24 bits per heavy atom. The van der Waals surface area contributed by atoms with Gasteiger partial charge in [-0.15, -0.1) is 0 Å². The summed E-state index contributed by atoms with van der Waals surface area (Å²) in [6, 6.07) is 4.66. The van der Waals surface area contributed by atoms with Crippen LogP contribution in [0.4, 0.5) is 5.69 Å². The average Bonchev–Trinajstić information content (AvgIpc) is 2.63. The Labute approximate surface area is 108 Å². The van der Waals surface area contributed by atoms with E-state index in [2.05, 4.69) is 43.0 Å². The van der Waals surface area contributed by atoms with E-state index in [-0.39, 0.29) is 0 Å². The summed E-state index contributed by atoms with van der Waals surface area (Å²) in [6.45, 7) is 4.04. The van der Waals surface area contributed by atoms with Crippen LogP contribution < -0.4 is 4.90 Å². The maximum atomic E-state index is 4.31. The van der Waals surface area contributed by atoms with Gasteiger partial charge in [-0.3, -0.25) is 9.67 Å². The number of hydrogen-bond acceptors (Lipinski definition) is 3. The Kier molecular flexibility index (Phi) is 2.63. The first kappa shape index (κ1) is 10.8. The first-order valence-electron chi connectivity index (χ1n) is 5.59. The highest BCUT2D eigenvalue weighted by molar-refractivity contribution is 9.10. The Morgan fingerprint density at radius 3 is 2.88 bits per heavy atom. The minimum Gasteiger partial charge on any atom is -0.367 e. The van der Waals surface area contributed by atoms with E-state index in [4.69, 9.17) is 0 Å². The van der Waals surface area contributed by atoms with E-state index in [9.17, 15) is 0 Å². The Hall–Kier alpha value is -1.36. The van der Waals surface area contributed by atoms with Gasteiger partial charge >= 0.3 is 0 Å². The van der Waals surface area contributed by atoms with Crippen LogP contribution in [0.15, 0.2) is 35.2 Å². The third kappa shape index (κ3) is 2.07. The van der Waals surface area contributed by atoms with Gasteiger partial charge in [-0.2, -0.15) is 5.10 Å². The molecule has 0 aromatic carbocycles. The second-order valence-corrected chi connectivity index (χ2v) is 5.27. The van der Waals surface area contributed by atoms with Crippen molar-refractivity contribution in [1.82, 2.24) is 14.8 Å². The summed E-state index contributed by atoms with van der Waals surface area (Å²) in [6.07, 6.45) is 5.72. The lowest BCUT2D eigenvalue weighted by Crippen LogP contribution is -2.48. The molecule has 4 nitrogen and oxygen atoms in total. The zero-order chi connectivity index (χ0) is 11.8. The van der Waals surface area contributed by atoms with E-state index in [1.54, 1.807) is 0 Å². The van der Waals surface area contributed by atoms with Crippen LogP contribution in [-0.4, -0.2) is 27.9 Å². The first-order valence-corrected chi connectivity index (χ1v) is 6.39. The van der Waals surface area contributed by atoms with Crippen LogP contribution in [0.2, 0.25) is 0 Å². The van der Waals surface area contributed by atoms with E-state index in [0.29, 0.717) is 6.04 Å². The summed E-state index contributed by atoms with van der Waals surface area (Å²) in [7, 11) is 0. The largest absolute Gasteiger partial charge is 0.367 e. The van der Waals surface area contributed by atoms with Gasteiger partial charge < -0.3 is 4.90 Å². The average molecular weight is 293 g/mol. The maximum Gasteiger partial charge on any atom is 0.0868 e. The minimum absolute atomic E-state index is 0.481. The van der Waals surface area contributed by atoms with Crippen LogP contribution in [0.25, 0.3) is 0 Å². The van der Waals surface area contributed by atoms with Crippen molar-refractivity contribution in [2.45, 2.75) is 13.0 Å². The van der Waals surface area contributed by atoms with Gasteiger partial charge in [-0.1, -0.05) is 0 Å². The van der Waals surface area contributed by atoms with Crippen molar-refractivity contribution >= 4 is 21.6 Å². The highest BCUT2D eigenvalue weighted by Crippen LogP contribution is 2.27. The number of halogens is 1. The van der Waals surface area contributed by atoms with Gasteiger partial charge in [0.2, 0.25) is 0 Å². The summed E-state index contributed by atoms with van der Waals surface area (Å²) in [5.41, 5.74) is 2.31. The van der Waals surface area contributed by atoms with Crippen molar-refractivity contribution in [3.63, 3.8) is 0 Å². The third-order valence-electron chi connectivity index (χ3n) is 3.05. The Bertz CT molecular complexity index is 531. The summed E-state index contributed by atoms with van der Waals surface area (Å²) < 4.78 is 3.06. The summed E-state index contributed by atoms with van der Waals surface area (Å²) in [4.78, 5) is 6.55. The lowest BCUT2D eigenvalue weighted by Gasteiger charge is -2.41. The predicted octanol–water partition coefficient (Wildman–Crippen LogP) is 2.41. The second kappa shape index (κ2) is 4.14. The van der Waals surface area contributed by atoms with Gasteiger partial charge in [0.25, 0.3) is 0 Å². The molecule has 0 bridgehead atoms. The van der Waals surface area contributed by atoms with Gasteiger partial charge in [-0.25, -0.2) is 0 Å².